The molecular formula is C23H18FN3O2. The van der Waals surface area contributed by atoms with Crippen LogP contribution in [-0.4, -0.2) is 33.9 Å². The number of oxazole rings is 1. The Balaban J connectivity index is 1.32. The number of hydrogen-bond donors (Lipinski definition) is 1. The molecule has 4 aromatic rings. The Morgan fingerprint density at radius 1 is 1.17 bits per heavy atom. The van der Waals surface area contributed by atoms with Crippen LogP contribution in [0.4, 0.5) is 4.39 Å². The molecule has 1 N–H and O–H groups in total. The van der Waals surface area contributed by atoms with E-state index in [9.17, 15) is 9.18 Å². The third-order valence-corrected chi connectivity index (χ3v) is 5.33. The fraction of sp³-hybridized carbons (Fsp3) is 0.130. The molecule has 0 radical (unpaired) electrons. The monoisotopic (exact) mass is 387 g/mol. The van der Waals surface area contributed by atoms with Gasteiger partial charge < -0.3 is 14.3 Å². The van der Waals surface area contributed by atoms with E-state index < -0.39 is 0 Å². The summed E-state index contributed by atoms with van der Waals surface area (Å²) in [7, 11) is 0. The van der Waals surface area contributed by atoms with E-state index in [1.165, 1.54) is 24.1 Å². The molecule has 144 valence electrons. The van der Waals surface area contributed by atoms with Crippen LogP contribution < -0.4 is 0 Å². The van der Waals surface area contributed by atoms with Gasteiger partial charge in [-0.25, -0.2) is 9.37 Å². The molecule has 2 aromatic heterocycles. The molecule has 0 unspecified atom stereocenters. The number of benzene rings is 2. The van der Waals surface area contributed by atoms with E-state index in [0.717, 1.165) is 28.5 Å². The fourth-order valence-corrected chi connectivity index (χ4v) is 3.78. The highest BCUT2D eigenvalue weighted by Crippen LogP contribution is 2.30. The molecule has 5 nitrogen and oxygen atoms in total. The number of rotatable bonds is 3. The van der Waals surface area contributed by atoms with E-state index in [1.807, 2.05) is 35.4 Å². The Hall–Kier alpha value is -3.67. The lowest BCUT2D eigenvalue weighted by atomic mass is 9.98. The Morgan fingerprint density at radius 2 is 2.03 bits per heavy atom. The second-order valence-corrected chi connectivity index (χ2v) is 7.07. The lowest BCUT2D eigenvalue weighted by Crippen LogP contribution is -2.34. The maximum atomic E-state index is 13.4. The summed E-state index contributed by atoms with van der Waals surface area (Å²) >= 11 is 0. The van der Waals surface area contributed by atoms with Gasteiger partial charge in [0, 0.05) is 46.9 Å². The van der Waals surface area contributed by atoms with Crippen LogP contribution in [0.5, 0.6) is 0 Å². The summed E-state index contributed by atoms with van der Waals surface area (Å²) in [6.45, 7) is 1.19. The zero-order valence-corrected chi connectivity index (χ0v) is 15.6. The molecule has 0 spiro atoms. The molecule has 0 saturated carbocycles. The van der Waals surface area contributed by atoms with E-state index in [2.05, 4.69) is 16.0 Å². The number of nitrogens with one attached hydrogen (secondary N) is 1. The molecule has 0 atom stereocenters. The Kier molecular flexibility index (Phi) is 4.24. The summed E-state index contributed by atoms with van der Waals surface area (Å²) in [5.41, 5.74) is 4.56. The van der Waals surface area contributed by atoms with E-state index in [-0.39, 0.29) is 11.7 Å². The van der Waals surface area contributed by atoms with Gasteiger partial charge in [0.05, 0.1) is 6.20 Å². The highest BCUT2D eigenvalue weighted by molar-refractivity contribution is 5.96. The molecule has 5 rings (SSSR count). The number of amides is 1. The van der Waals surface area contributed by atoms with Gasteiger partial charge in [-0.2, -0.15) is 0 Å². The molecule has 0 bridgehead atoms. The summed E-state index contributed by atoms with van der Waals surface area (Å²) < 4.78 is 18.7. The van der Waals surface area contributed by atoms with Crippen LogP contribution in [-0.2, 0) is 0 Å². The van der Waals surface area contributed by atoms with Crippen molar-refractivity contribution in [1.82, 2.24) is 14.9 Å². The lowest BCUT2D eigenvalue weighted by molar-refractivity contribution is 0.0773. The third-order valence-electron chi connectivity index (χ3n) is 5.33. The van der Waals surface area contributed by atoms with Gasteiger partial charge in [-0.15, -0.1) is 0 Å². The van der Waals surface area contributed by atoms with Gasteiger partial charge in [-0.1, -0.05) is 18.2 Å². The lowest BCUT2D eigenvalue weighted by Gasteiger charge is -2.26. The zero-order chi connectivity index (χ0) is 19.8. The van der Waals surface area contributed by atoms with Crippen molar-refractivity contribution in [1.29, 1.82) is 0 Å². The normalized spacial score (nSPS) is 14.2. The van der Waals surface area contributed by atoms with Crippen LogP contribution in [0.3, 0.4) is 0 Å². The van der Waals surface area contributed by atoms with Crippen molar-refractivity contribution in [2.45, 2.75) is 6.42 Å². The summed E-state index contributed by atoms with van der Waals surface area (Å²) in [5.74, 6) is 0.424. The van der Waals surface area contributed by atoms with Gasteiger partial charge >= 0.3 is 0 Å². The van der Waals surface area contributed by atoms with E-state index >= 15 is 0 Å². The topological polar surface area (TPSA) is 62.1 Å². The number of hydrogen-bond acceptors (Lipinski definition) is 3. The Bertz CT molecular complexity index is 1210. The van der Waals surface area contributed by atoms with Crippen LogP contribution in [0.25, 0.3) is 27.8 Å². The van der Waals surface area contributed by atoms with Crippen molar-refractivity contribution in [2.75, 3.05) is 13.1 Å². The first-order chi connectivity index (χ1) is 14.2. The van der Waals surface area contributed by atoms with Crippen LogP contribution in [0.1, 0.15) is 22.3 Å². The second-order valence-electron chi connectivity index (χ2n) is 7.07. The average Bonchev–Trinajstić information content (AvgIpc) is 3.43. The van der Waals surface area contributed by atoms with Crippen molar-refractivity contribution in [2.24, 2.45) is 0 Å². The minimum absolute atomic E-state index is 0.00502. The molecule has 2 aromatic carbocycles. The first-order valence-electron chi connectivity index (χ1n) is 9.43. The molecule has 29 heavy (non-hydrogen) atoms. The van der Waals surface area contributed by atoms with Crippen LogP contribution in [0.2, 0.25) is 0 Å². The van der Waals surface area contributed by atoms with Crippen LogP contribution in [0, 0.1) is 5.82 Å². The standard InChI is InChI=1S/C23H18FN3O2/c24-18-5-6-19-20(12-26-21(19)11-18)15-7-9-27(10-8-15)23(28)17-3-1-16(2-4-17)22-13-25-14-29-22/h1-7,11-14,26H,8-10H2. The third kappa shape index (κ3) is 3.23. The van der Waals surface area contributed by atoms with Gasteiger partial charge in [-0.05, 0) is 42.3 Å². The Morgan fingerprint density at radius 3 is 2.76 bits per heavy atom. The maximum Gasteiger partial charge on any atom is 0.254 e. The average molecular weight is 387 g/mol. The van der Waals surface area contributed by atoms with E-state index in [0.29, 0.717) is 24.4 Å². The van der Waals surface area contributed by atoms with Crippen molar-refractivity contribution in [3.05, 3.63) is 84.3 Å². The van der Waals surface area contributed by atoms with Gasteiger partial charge in [0.1, 0.15) is 5.82 Å². The van der Waals surface area contributed by atoms with Gasteiger partial charge in [0.25, 0.3) is 5.91 Å². The molecular weight excluding hydrogens is 369 g/mol. The highest BCUT2D eigenvalue weighted by atomic mass is 19.1. The molecule has 1 amide bonds. The number of carbonyl (C=O) groups excluding carboxylic acids is 1. The number of halogens is 1. The quantitative estimate of drug-likeness (QED) is 0.544. The predicted octanol–water partition coefficient (Wildman–Crippen LogP) is 4.89. The molecule has 1 aliphatic heterocycles. The predicted molar refractivity (Wildman–Crippen MR) is 109 cm³/mol. The number of aromatic amines is 1. The first-order valence-corrected chi connectivity index (χ1v) is 9.43. The molecule has 0 aliphatic carbocycles. The summed E-state index contributed by atoms with van der Waals surface area (Å²) in [6, 6.07) is 12.1. The SMILES string of the molecule is O=C(c1ccc(-c2cnco2)cc1)N1CC=C(c2c[nH]c3cc(F)ccc23)CC1. The van der Waals surface area contributed by atoms with Crippen molar-refractivity contribution < 1.29 is 13.6 Å². The molecule has 6 heteroatoms. The molecule has 3 heterocycles. The first kappa shape index (κ1) is 17.4. The van der Waals surface area contributed by atoms with Gasteiger partial charge in [-0.3, -0.25) is 4.79 Å². The van der Waals surface area contributed by atoms with E-state index in [1.54, 1.807) is 12.3 Å². The zero-order valence-electron chi connectivity index (χ0n) is 15.6. The van der Waals surface area contributed by atoms with Gasteiger partial charge in [0.2, 0.25) is 0 Å². The number of nitrogens with zero attached hydrogens (tertiary/aromatic N) is 2. The van der Waals surface area contributed by atoms with Crippen molar-refractivity contribution in [3.8, 4) is 11.3 Å². The largest absolute Gasteiger partial charge is 0.444 e. The molecule has 0 saturated heterocycles. The minimum Gasteiger partial charge on any atom is -0.444 e. The highest BCUT2D eigenvalue weighted by Gasteiger charge is 2.20. The fourth-order valence-electron chi connectivity index (χ4n) is 3.78. The number of aromatic nitrogens is 2. The second kappa shape index (κ2) is 7.05. The number of H-pyrrole nitrogens is 1. The molecule has 0 fully saturated rings. The Labute approximate surface area is 166 Å². The van der Waals surface area contributed by atoms with Crippen molar-refractivity contribution >= 4 is 22.4 Å². The maximum absolute atomic E-state index is 13.4. The van der Waals surface area contributed by atoms with Crippen molar-refractivity contribution in [3.63, 3.8) is 0 Å². The summed E-state index contributed by atoms with van der Waals surface area (Å²) in [6.07, 6.45) is 7.78. The summed E-state index contributed by atoms with van der Waals surface area (Å²) in [5, 5.41) is 1.00. The number of fused-ring (bicyclic) bond motifs is 1. The summed E-state index contributed by atoms with van der Waals surface area (Å²) in [4.78, 5) is 21.7. The number of carbonyl (C=O) groups is 1. The van der Waals surface area contributed by atoms with Crippen LogP contribution in [0.15, 0.2) is 71.7 Å². The smallest absolute Gasteiger partial charge is 0.254 e. The van der Waals surface area contributed by atoms with Gasteiger partial charge in [0.15, 0.2) is 12.2 Å². The van der Waals surface area contributed by atoms with E-state index in [4.69, 9.17) is 4.42 Å². The minimum atomic E-state index is -0.255. The molecule has 1 aliphatic rings. The van der Waals surface area contributed by atoms with Crippen LogP contribution >= 0.6 is 0 Å².